The van der Waals surface area contributed by atoms with Gasteiger partial charge >= 0.3 is 5.97 Å². The van der Waals surface area contributed by atoms with Crippen LogP contribution in [0.15, 0.2) is 9.85 Å². The van der Waals surface area contributed by atoms with Crippen LogP contribution in [0, 0.1) is 5.92 Å². The van der Waals surface area contributed by atoms with E-state index >= 15 is 0 Å². The van der Waals surface area contributed by atoms with Gasteiger partial charge in [-0.05, 0) is 39.9 Å². The minimum atomic E-state index is -0.827. The minimum absolute atomic E-state index is 0.459. The first-order chi connectivity index (χ1) is 6.00. The van der Waals surface area contributed by atoms with Crippen molar-refractivity contribution in [1.82, 2.24) is 0 Å². The van der Waals surface area contributed by atoms with Gasteiger partial charge in [0.1, 0.15) is 4.88 Å². The van der Waals surface area contributed by atoms with E-state index in [0.29, 0.717) is 10.8 Å². The SMILES string of the molecule is CC(C)Cc1cc(Br)sc1C(=O)O. The van der Waals surface area contributed by atoms with Crippen LogP contribution in [0.25, 0.3) is 0 Å². The van der Waals surface area contributed by atoms with Gasteiger partial charge in [0.2, 0.25) is 0 Å². The smallest absolute Gasteiger partial charge is 0.346 e. The number of halogens is 1. The van der Waals surface area contributed by atoms with E-state index in [9.17, 15) is 4.79 Å². The highest BCUT2D eigenvalue weighted by Gasteiger charge is 2.14. The molecule has 0 aliphatic rings. The van der Waals surface area contributed by atoms with Crippen LogP contribution in [-0.2, 0) is 6.42 Å². The molecule has 0 unspecified atom stereocenters. The summed E-state index contributed by atoms with van der Waals surface area (Å²) in [6.07, 6.45) is 0.823. The van der Waals surface area contributed by atoms with Crippen LogP contribution in [0.5, 0.6) is 0 Å². The molecule has 0 fully saturated rings. The van der Waals surface area contributed by atoms with E-state index in [-0.39, 0.29) is 0 Å². The van der Waals surface area contributed by atoms with Crippen molar-refractivity contribution in [3.63, 3.8) is 0 Å². The van der Waals surface area contributed by atoms with Crippen molar-refractivity contribution in [3.05, 3.63) is 20.3 Å². The summed E-state index contributed by atoms with van der Waals surface area (Å²) >= 11 is 4.58. The summed E-state index contributed by atoms with van der Waals surface area (Å²) in [4.78, 5) is 11.3. The van der Waals surface area contributed by atoms with Crippen molar-refractivity contribution >= 4 is 33.2 Å². The molecule has 0 radical (unpaired) electrons. The van der Waals surface area contributed by atoms with Crippen LogP contribution in [0.4, 0.5) is 0 Å². The average molecular weight is 263 g/mol. The Morgan fingerprint density at radius 3 is 2.77 bits per heavy atom. The molecule has 1 rings (SSSR count). The molecule has 1 aromatic heterocycles. The molecule has 0 amide bonds. The normalized spacial score (nSPS) is 10.8. The van der Waals surface area contributed by atoms with Crippen LogP contribution in [0.2, 0.25) is 0 Å². The molecule has 0 aliphatic carbocycles. The molecular formula is C9H11BrO2S. The Balaban J connectivity index is 2.97. The number of aromatic carboxylic acids is 1. The monoisotopic (exact) mass is 262 g/mol. The van der Waals surface area contributed by atoms with Gasteiger partial charge in [0.25, 0.3) is 0 Å². The quantitative estimate of drug-likeness (QED) is 0.907. The number of rotatable bonds is 3. The second-order valence-corrected chi connectivity index (χ2v) is 5.74. The predicted molar refractivity (Wildman–Crippen MR) is 57.5 cm³/mol. The lowest BCUT2D eigenvalue weighted by Crippen LogP contribution is -2.00. The molecule has 0 atom stereocenters. The van der Waals surface area contributed by atoms with E-state index in [0.717, 1.165) is 15.8 Å². The van der Waals surface area contributed by atoms with Gasteiger partial charge < -0.3 is 5.11 Å². The average Bonchev–Trinajstić information content (AvgIpc) is 2.29. The Hall–Kier alpha value is -0.350. The van der Waals surface area contributed by atoms with Gasteiger partial charge in [-0.15, -0.1) is 11.3 Å². The molecule has 72 valence electrons. The molecular weight excluding hydrogens is 252 g/mol. The highest BCUT2D eigenvalue weighted by molar-refractivity contribution is 9.11. The van der Waals surface area contributed by atoms with Gasteiger partial charge in [0.15, 0.2) is 0 Å². The minimum Gasteiger partial charge on any atom is -0.477 e. The zero-order chi connectivity index (χ0) is 10.0. The van der Waals surface area contributed by atoms with E-state index in [1.165, 1.54) is 11.3 Å². The molecule has 0 spiro atoms. The second kappa shape index (κ2) is 4.24. The molecule has 0 aliphatic heterocycles. The third kappa shape index (κ3) is 2.81. The summed E-state index contributed by atoms with van der Waals surface area (Å²) in [7, 11) is 0. The van der Waals surface area contributed by atoms with E-state index in [2.05, 4.69) is 29.8 Å². The maximum absolute atomic E-state index is 10.8. The third-order valence-electron chi connectivity index (χ3n) is 1.60. The molecule has 0 saturated heterocycles. The number of thiophene rings is 1. The Kier molecular flexibility index (Phi) is 3.50. The summed E-state index contributed by atoms with van der Waals surface area (Å²) < 4.78 is 0.889. The van der Waals surface area contributed by atoms with Gasteiger partial charge in [-0.1, -0.05) is 13.8 Å². The van der Waals surface area contributed by atoms with Crippen LogP contribution in [0.1, 0.15) is 29.1 Å². The standard InChI is InChI=1S/C9H11BrO2S/c1-5(2)3-6-4-7(10)13-8(6)9(11)12/h4-5H,3H2,1-2H3,(H,11,12). The number of hydrogen-bond acceptors (Lipinski definition) is 2. The van der Waals surface area contributed by atoms with E-state index in [1.54, 1.807) is 0 Å². The fraction of sp³-hybridized carbons (Fsp3) is 0.444. The topological polar surface area (TPSA) is 37.3 Å². The Labute approximate surface area is 89.7 Å². The Morgan fingerprint density at radius 1 is 1.69 bits per heavy atom. The first-order valence-corrected chi connectivity index (χ1v) is 5.63. The molecule has 1 heterocycles. The number of carbonyl (C=O) groups is 1. The zero-order valence-electron chi connectivity index (χ0n) is 7.50. The summed E-state index contributed by atoms with van der Waals surface area (Å²) in [6, 6.07) is 1.90. The summed E-state index contributed by atoms with van der Waals surface area (Å²) in [6.45, 7) is 4.16. The van der Waals surface area contributed by atoms with Crippen LogP contribution in [0.3, 0.4) is 0 Å². The van der Waals surface area contributed by atoms with Crippen molar-refractivity contribution in [3.8, 4) is 0 Å². The molecule has 0 bridgehead atoms. The van der Waals surface area contributed by atoms with Crippen molar-refractivity contribution in [1.29, 1.82) is 0 Å². The van der Waals surface area contributed by atoms with Gasteiger partial charge in [0.05, 0.1) is 3.79 Å². The number of carboxylic acids is 1. The lowest BCUT2D eigenvalue weighted by atomic mass is 10.0. The number of carboxylic acid groups (broad SMARTS) is 1. The maximum atomic E-state index is 10.8. The molecule has 0 aromatic carbocycles. The zero-order valence-corrected chi connectivity index (χ0v) is 9.91. The first kappa shape index (κ1) is 10.7. The van der Waals surface area contributed by atoms with Gasteiger partial charge in [-0.25, -0.2) is 4.79 Å². The molecule has 2 nitrogen and oxygen atoms in total. The highest BCUT2D eigenvalue weighted by atomic mass is 79.9. The summed E-state index contributed by atoms with van der Waals surface area (Å²) in [5.74, 6) is -0.342. The predicted octanol–water partition coefficient (Wildman–Crippen LogP) is 3.41. The lowest BCUT2D eigenvalue weighted by Gasteiger charge is -2.02. The van der Waals surface area contributed by atoms with Gasteiger partial charge in [-0.2, -0.15) is 0 Å². The second-order valence-electron chi connectivity index (χ2n) is 3.31. The maximum Gasteiger partial charge on any atom is 0.346 e. The van der Waals surface area contributed by atoms with Gasteiger partial charge in [-0.3, -0.25) is 0 Å². The largest absolute Gasteiger partial charge is 0.477 e. The van der Waals surface area contributed by atoms with Crippen molar-refractivity contribution in [2.24, 2.45) is 5.92 Å². The third-order valence-corrected chi connectivity index (χ3v) is 3.27. The van der Waals surface area contributed by atoms with E-state index in [4.69, 9.17) is 5.11 Å². The van der Waals surface area contributed by atoms with Gasteiger partial charge in [0, 0.05) is 0 Å². The molecule has 1 aromatic rings. The first-order valence-electron chi connectivity index (χ1n) is 4.02. The van der Waals surface area contributed by atoms with Crippen LogP contribution >= 0.6 is 27.3 Å². The fourth-order valence-corrected chi connectivity index (χ4v) is 2.69. The van der Waals surface area contributed by atoms with Crippen LogP contribution < -0.4 is 0 Å². The van der Waals surface area contributed by atoms with Crippen LogP contribution in [-0.4, -0.2) is 11.1 Å². The highest BCUT2D eigenvalue weighted by Crippen LogP contribution is 2.28. The Morgan fingerprint density at radius 2 is 2.31 bits per heavy atom. The molecule has 4 heteroatoms. The lowest BCUT2D eigenvalue weighted by molar-refractivity contribution is 0.0701. The number of hydrogen-bond donors (Lipinski definition) is 1. The van der Waals surface area contributed by atoms with Crippen molar-refractivity contribution in [2.75, 3.05) is 0 Å². The van der Waals surface area contributed by atoms with Crippen molar-refractivity contribution < 1.29 is 9.90 Å². The summed E-state index contributed by atoms with van der Waals surface area (Å²) in [5, 5.41) is 8.88. The Bertz CT molecular complexity index is 317. The molecule has 13 heavy (non-hydrogen) atoms. The molecule has 1 N–H and O–H groups in total. The molecule has 0 saturated carbocycles. The van der Waals surface area contributed by atoms with E-state index in [1.807, 2.05) is 6.07 Å². The summed E-state index contributed by atoms with van der Waals surface area (Å²) in [5.41, 5.74) is 0.930. The van der Waals surface area contributed by atoms with Crippen molar-refractivity contribution in [2.45, 2.75) is 20.3 Å². The van der Waals surface area contributed by atoms with E-state index < -0.39 is 5.97 Å². The fourth-order valence-electron chi connectivity index (χ4n) is 1.17.